The predicted molar refractivity (Wildman–Crippen MR) is 119 cm³/mol. The standard InChI is InChI=1S/C23H21N3O3S/c1-2-26(18-9-4-3-5-10-18)30(28,29)19-11-6-8-17(16-19)23(27)25-22-13-7-12-21-20(22)14-15-24-21/h3-16,24H,2H2,1H3,(H,25,27). The molecule has 1 aromatic heterocycles. The van der Waals surface area contributed by atoms with E-state index in [-0.39, 0.29) is 22.9 Å². The minimum Gasteiger partial charge on any atom is -0.361 e. The van der Waals surface area contributed by atoms with Gasteiger partial charge < -0.3 is 10.3 Å². The number of hydrogen-bond acceptors (Lipinski definition) is 3. The van der Waals surface area contributed by atoms with E-state index in [0.29, 0.717) is 11.4 Å². The minimum atomic E-state index is -3.81. The van der Waals surface area contributed by atoms with Crippen molar-refractivity contribution in [1.82, 2.24) is 4.98 Å². The number of amides is 1. The maximum absolute atomic E-state index is 13.2. The summed E-state index contributed by atoms with van der Waals surface area (Å²) in [5, 5.41) is 3.76. The Hall–Kier alpha value is -3.58. The topological polar surface area (TPSA) is 82.3 Å². The molecule has 4 rings (SSSR count). The lowest BCUT2D eigenvalue weighted by molar-refractivity contribution is 0.102. The van der Waals surface area contributed by atoms with E-state index in [9.17, 15) is 13.2 Å². The number of nitrogens with zero attached hydrogens (tertiary/aromatic N) is 1. The first kappa shape index (κ1) is 19.7. The van der Waals surface area contributed by atoms with Gasteiger partial charge >= 0.3 is 0 Å². The van der Waals surface area contributed by atoms with Gasteiger partial charge in [0.15, 0.2) is 0 Å². The molecule has 30 heavy (non-hydrogen) atoms. The minimum absolute atomic E-state index is 0.0701. The first-order valence-electron chi connectivity index (χ1n) is 9.56. The Kier molecular flexibility index (Phi) is 5.29. The maximum Gasteiger partial charge on any atom is 0.264 e. The second-order valence-corrected chi connectivity index (χ2v) is 8.59. The molecule has 0 fully saturated rings. The van der Waals surface area contributed by atoms with Gasteiger partial charge in [0.25, 0.3) is 15.9 Å². The van der Waals surface area contributed by atoms with E-state index in [2.05, 4.69) is 10.3 Å². The molecule has 6 nitrogen and oxygen atoms in total. The SMILES string of the molecule is CCN(c1ccccc1)S(=O)(=O)c1cccc(C(=O)Nc2cccc3[nH]ccc23)c1. The van der Waals surface area contributed by atoms with Crippen LogP contribution < -0.4 is 9.62 Å². The van der Waals surface area contributed by atoms with Crippen LogP contribution in [-0.4, -0.2) is 25.9 Å². The summed E-state index contributed by atoms with van der Waals surface area (Å²) in [6, 6.07) is 22.4. The smallest absolute Gasteiger partial charge is 0.264 e. The van der Waals surface area contributed by atoms with Crippen LogP contribution >= 0.6 is 0 Å². The maximum atomic E-state index is 13.2. The van der Waals surface area contributed by atoms with Gasteiger partial charge in [-0.25, -0.2) is 8.42 Å². The van der Waals surface area contributed by atoms with E-state index in [1.54, 1.807) is 49.5 Å². The van der Waals surface area contributed by atoms with Crippen molar-refractivity contribution in [2.24, 2.45) is 0 Å². The number of benzene rings is 3. The van der Waals surface area contributed by atoms with Gasteiger partial charge in [0, 0.05) is 29.2 Å². The van der Waals surface area contributed by atoms with Gasteiger partial charge in [0.1, 0.15) is 0 Å². The number of carbonyl (C=O) groups excluding carboxylic acids is 1. The third-order valence-corrected chi connectivity index (χ3v) is 6.76. The molecule has 0 aliphatic rings. The Bertz CT molecular complexity index is 1300. The fraction of sp³-hybridized carbons (Fsp3) is 0.0870. The highest BCUT2D eigenvalue weighted by atomic mass is 32.2. The second kappa shape index (κ2) is 8.04. The largest absolute Gasteiger partial charge is 0.361 e. The van der Waals surface area contributed by atoms with Gasteiger partial charge in [-0.15, -0.1) is 0 Å². The molecule has 2 N–H and O–H groups in total. The van der Waals surface area contributed by atoms with Gasteiger partial charge in [0.2, 0.25) is 0 Å². The van der Waals surface area contributed by atoms with Crippen LogP contribution in [0.15, 0.2) is 90.0 Å². The molecule has 0 aliphatic carbocycles. The number of rotatable bonds is 6. The molecule has 0 radical (unpaired) electrons. The Labute approximate surface area is 175 Å². The van der Waals surface area contributed by atoms with Crippen LogP contribution in [0.3, 0.4) is 0 Å². The van der Waals surface area contributed by atoms with Crippen LogP contribution in [-0.2, 0) is 10.0 Å². The number of para-hydroxylation sites is 1. The Morgan fingerprint density at radius 3 is 2.50 bits per heavy atom. The zero-order valence-electron chi connectivity index (χ0n) is 16.4. The third-order valence-electron chi connectivity index (χ3n) is 4.86. The van der Waals surface area contributed by atoms with Crippen LogP contribution in [0.2, 0.25) is 0 Å². The number of carbonyl (C=O) groups is 1. The number of aromatic amines is 1. The van der Waals surface area contributed by atoms with Crippen LogP contribution in [0.5, 0.6) is 0 Å². The van der Waals surface area contributed by atoms with Gasteiger partial charge in [0.05, 0.1) is 16.3 Å². The number of aromatic nitrogens is 1. The fourth-order valence-corrected chi connectivity index (χ4v) is 4.92. The van der Waals surface area contributed by atoms with Crippen molar-refractivity contribution in [1.29, 1.82) is 0 Å². The van der Waals surface area contributed by atoms with E-state index in [1.807, 2.05) is 30.3 Å². The molecule has 0 atom stereocenters. The van der Waals surface area contributed by atoms with Gasteiger partial charge in [-0.2, -0.15) is 0 Å². The third kappa shape index (κ3) is 3.67. The van der Waals surface area contributed by atoms with Gasteiger partial charge in [-0.05, 0) is 55.5 Å². The molecule has 0 saturated heterocycles. The molecule has 1 amide bonds. The summed E-state index contributed by atoms with van der Waals surface area (Å²) in [5.41, 5.74) is 2.42. The van der Waals surface area contributed by atoms with Crippen molar-refractivity contribution in [3.8, 4) is 0 Å². The van der Waals surface area contributed by atoms with E-state index >= 15 is 0 Å². The number of H-pyrrole nitrogens is 1. The van der Waals surface area contributed by atoms with Crippen LogP contribution in [0, 0.1) is 0 Å². The molecule has 7 heteroatoms. The van der Waals surface area contributed by atoms with Crippen molar-refractivity contribution in [3.05, 3.63) is 90.6 Å². The molecular formula is C23H21N3O3S. The normalized spacial score (nSPS) is 11.4. The van der Waals surface area contributed by atoms with E-state index in [0.717, 1.165) is 10.9 Å². The molecule has 4 aromatic rings. The molecule has 0 bridgehead atoms. The first-order chi connectivity index (χ1) is 14.5. The summed E-state index contributed by atoms with van der Waals surface area (Å²) < 4.78 is 27.8. The molecule has 0 aliphatic heterocycles. The summed E-state index contributed by atoms with van der Waals surface area (Å²) in [4.78, 5) is 16.0. The van der Waals surface area contributed by atoms with E-state index < -0.39 is 10.0 Å². The molecule has 152 valence electrons. The summed E-state index contributed by atoms with van der Waals surface area (Å²) in [5.74, 6) is -0.372. The predicted octanol–water partition coefficient (Wildman–Crippen LogP) is 4.64. The number of fused-ring (bicyclic) bond motifs is 1. The Balaban J connectivity index is 1.65. The van der Waals surface area contributed by atoms with Crippen molar-refractivity contribution in [3.63, 3.8) is 0 Å². The Morgan fingerprint density at radius 1 is 0.967 bits per heavy atom. The zero-order valence-corrected chi connectivity index (χ0v) is 17.2. The van der Waals surface area contributed by atoms with E-state index in [1.165, 1.54) is 16.4 Å². The second-order valence-electron chi connectivity index (χ2n) is 6.73. The van der Waals surface area contributed by atoms with Crippen LogP contribution in [0.4, 0.5) is 11.4 Å². The molecular weight excluding hydrogens is 398 g/mol. The number of hydrogen-bond donors (Lipinski definition) is 2. The molecule has 0 spiro atoms. The first-order valence-corrected chi connectivity index (χ1v) is 11.0. The Morgan fingerprint density at radius 2 is 1.73 bits per heavy atom. The van der Waals surface area contributed by atoms with Crippen LogP contribution in [0.1, 0.15) is 17.3 Å². The lowest BCUT2D eigenvalue weighted by Gasteiger charge is -2.23. The number of anilines is 2. The van der Waals surface area contributed by atoms with Crippen molar-refractivity contribution in [2.45, 2.75) is 11.8 Å². The fourth-order valence-electron chi connectivity index (χ4n) is 3.40. The van der Waals surface area contributed by atoms with Crippen molar-refractivity contribution in [2.75, 3.05) is 16.2 Å². The van der Waals surface area contributed by atoms with Crippen LogP contribution in [0.25, 0.3) is 10.9 Å². The molecule has 1 heterocycles. The van der Waals surface area contributed by atoms with Crippen molar-refractivity contribution >= 4 is 38.2 Å². The summed E-state index contributed by atoms with van der Waals surface area (Å²) in [7, 11) is -3.81. The summed E-state index contributed by atoms with van der Waals surface area (Å²) >= 11 is 0. The van der Waals surface area contributed by atoms with Gasteiger partial charge in [-0.1, -0.05) is 30.3 Å². The number of nitrogens with one attached hydrogen (secondary N) is 2. The number of sulfonamides is 1. The van der Waals surface area contributed by atoms with Crippen molar-refractivity contribution < 1.29 is 13.2 Å². The lowest BCUT2D eigenvalue weighted by Crippen LogP contribution is -2.30. The highest BCUT2D eigenvalue weighted by Crippen LogP contribution is 2.25. The molecule has 3 aromatic carbocycles. The monoisotopic (exact) mass is 419 g/mol. The zero-order chi connectivity index (χ0) is 21.1. The average molecular weight is 420 g/mol. The highest BCUT2D eigenvalue weighted by Gasteiger charge is 2.24. The molecule has 0 saturated carbocycles. The lowest BCUT2D eigenvalue weighted by atomic mass is 10.2. The quantitative estimate of drug-likeness (QED) is 0.478. The summed E-state index contributed by atoms with van der Waals surface area (Å²) in [6.45, 7) is 2.05. The summed E-state index contributed by atoms with van der Waals surface area (Å²) in [6.07, 6.45) is 1.80. The average Bonchev–Trinajstić information content (AvgIpc) is 3.25. The highest BCUT2D eigenvalue weighted by molar-refractivity contribution is 7.92. The van der Waals surface area contributed by atoms with E-state index in [4.69, 9.17) is 0 Å². The van der Waals surface area contributed by atoms with Gasteiger partial charge in [-0.3, -0.25) is 9.10 Å². The molecule has 0 unspecified atom stereocenters.